The van der Waals surface area contributed by atoms with Gasteiger partial charge in [-0.15, -0.1) is 0 Å². The number of allylic oxidation sites excluding steroid dienone is 2. The highest BCUT2D eigenvalue weighted by Gasteiger charge is 2.19. The van der Waals surface area contributed by atoms with Gasteiger partial charge in [-0.25, -0.2) is 9.78 Å². The number of fused-ring (bicyclic) bond motifs is 1. The van der Waals surface area contributed by atoms with Crippen LogP contribution in [0.5, 0.6) is 0 Å². The van der Waals surface area contributed by atoms with E-state index in [9.17, 15) is 9.59 Å². The van der Waals surface area contributed by atoms with Crippen molar-refractivity contribution in [1.29, 1.82) is 0 Å². The zero-order valence-electron chi connectivity index (χ0n) is 12.8. The molecule has 0 N–H and O–H groups in total. The Hall–Kier alpha value is -1.63. The van der Waals surface area contributed by atoms with E-state index in [2.05, 4.69) is 20.9 Å². The van der Waals surface area contributed by atoms with E-state index in [1.807, 2.05) is 33.8 Å². The average Bonchev–Trinajstić information content (AvgIpc) is 2.70. The second-order valence-electron chi connectivity index (χ2n) is 5.56. The van der Waals surface area contributed by atoms with Gasteiger partial charge in [0.1, 0.15) is 0 Å². The van der Waals surface area contributed by atoms with Gasteiger partial charge in [0, 0.05) is 19.6 Å². The lowest BCUT2D eigenvalue weighted by molar-refractivity contribution is 0.529. The molecule has 0 fully saturated rings. The molecule has 0 aliphatic rings. The van der Waals surface area contributed by atoms with Gasteiger partial charge in [0.05, 0.1) is 0 Å². The van der Waals surface area contributed by atoms with Crippen molar-refractivity contribution in [2.24, 2.45) is 7.05 Å². The summed E-state index contributed by atoms with van der Waals surface area (Å²) in [5.41, 5.74) is 1.34. The molecule has 6 nitrogen and oxygen atoms in total. The third-order valence-corrected chi connectivity index (χ3v) is 3.94. The number of nitrogens with zero attached hydrogens (tertiary/aromatic N) is 4. The highest BCUT2D eigenvalue weighted by atomic mass is 79.9. The normalized spacial score (nSPS) is 11.4. The van der Waals surface area contributed by atoms with Gasteiger partial charge in [0.25, 0.3) is 5.56 Å². The molecule has 0 saturated carbocycles. The van der Waals surface area contributed by atoms with Gasteiger partial charge in [-0.1, -0.05) is 11.6 Å². The van der Waals surface area contributed by atoms with Crippen LogP contribution in [0, 0.1) is 0 Å². The van der Waals surface area contributed by atoms with Crippen LogP contribution in [0.1, 0.15) is 33.7 Å². The first-order chi connectivity index (χ1) is 9.75. The third kappa shape index (κ3) is 2.62. The Kier molecular flexibility index (Phi) is 4.22. The minimum Gasteiger partial charge on any atom is -0.309 e. The van der Waals surface area contributed by atoms with Crippen molar-refractivity contribution in [3.05, 3.63) is 37.2 Å². The fourth-order valence-corrected chi connectivity index (χ4v) is 2.70. The SMILES string of the molecule is CC(C)=CCn1c(Br)nc2c1c(=O)n(C(C)C)c(=O)n2C. The molecule has 114 valence electrons. The number of hydrogen-bond donors (Lipinski definition) is 0. The van der Waals surface area contributed by atoms with Gasteiger partial charge < -0.3 is 4.57 Å². The number of halogens is 1. The topological polar surface area (TPSA) is 61.8 Å². The van der Waals surface area contributed by atoms with E-state index in [1.165, 1.54) is 9.13 Å². The monoisotopic (exact) mass is 354 g/mol. The number of aromatic nitrogens is 4. The van der Waals surface area contributed by atoms with Crippen LogP contribution < -0.4 is 11.2 Å². The molecule has 0 atom stereocenters. The van der Waals surface area contributed by atoms with Crippen LogP contribution in [0.2, 0.25) is 0 Å². The van der Waals surface area contributed by atoms with Crippen molar-refractivity contribution in [1.82, 2.24) is 18.7 Å². The Morgan fingerprint density at radius 1 is 1.33 bits per heavy atom. The molecule has 2 heterocycles. The second-order valence-corrected chi connectivity index (χ2v) is 6.26. The first kappa shape index (κ1) is 15.8. The Morgan fingerprint density at radius 3 is 2.48 bits per heavy atom. The van der Waals surface area contributed by atoms with E-state index < -0.39 is 0 Å². The predicted molar refractivity (Wildman–Crippen MR) is 86.8 cm³/mol. The molecule has 2 aromatic heterocycles. The van der Waals surface area contributed by atoms with E-state index >= 15 is 0 Å². The zero-order valence-corrected chi connectivity index (χ0v) is 14.4. The molecule has 0 aromatic carbocycles. The van der Waals surface area contributed by atoms with E-state index in [0.29, 0.717) is 22.4 Å². The van der Waals surface area contributed by atoms with E-state index in [4.69, 9.17) is 0 Å². The molecular weight excluding hydrogens is 336 g/mol. The third-order valence-electron chi connectivity index (χ3n) is 3.33. The maximum absolute atomic E-state index is 12.7. The molecular formula is C14H19BrN4O2. The number of rotatable bonds is 3. The lowest BCUT2D eigenvalue weighted by Gasteiger charge is -2.11. The summed E-state index contributed by atoms with van der Waals surface area (Å²) < 4.78 is 5.00. The predicted octanol–water partition coefficient (Wildman–Crippen LogP) is 2.21. The minimum atomic E-state index is -0.345. The Bertz CT molecular complexity index is 835. The van der Waals surface area contributed by atoms with Crippen LogP contribution in [-0.2, 0) is 13.6 Å². The van der Waals surface area contributed by atoms with Gasteiger partial charge in [0.15, 0.2) is 15.9 Å². The van der Waals surface area contributed by atoms with Crippen LogP contribution in [0.15, 0.2) is 26.0 Å². The summed E-state index contributed by atoms with van der Waals surface area (Å²) in [5, 5.41) is 0. The van der Waals surface area contributed by atoms with Crippen molar-refractivity contribution < 1.29 is 0 Å². The number of aryl methyl sites for hydroxylation is 1. The molecule has 0 aliphatic carbocycles. The van der Waals surface area contributed by atoms with Gasteiger partial charge in [-0.3, -0.25) is 13.9 Å². The quantitative estimate of drug-likeness (QED) is 0.627. The molecule has 0 bridgehead atoms. The summed E-state index contributed by atoms with van der Waals surface area (Å²) in [4.78, 5) is 29.3. The summed E-state index contributed by atoms with van der Waals surface area (Å²) in [6, 6.07) is -0.203. The molecule has 0 amide bonds. The maximum atomic E-state index is 12.7. The van der Waals surface area contributed by atoms with Crippen LogP contribution in [0.25, 0.3) is 11.2 Å². The minimum absolute atomic E-state index is 0.203. The number of imidazole rings is 1. The standard InChI is InChI=1S/C14H19BrN4O2/c1-8(2)6-7-18-10-11(16-13(18)15)17(5)14(21)19(9(3)4)12(10)20/h6,9H,7H2,1-5H3. The Balaban J connectivity index is 2.91. The molecule has 7 heteroatoms. The molecule has 0 spiro atoms. The highest BCUT2D eigenvalue weighted by molar-refractivity contribution is 9.10. The summed E-state index contributed by atoms with van der Waals surface area (Å²) in [5.74, 6) is 0. The second kappa shape index (κ2) is 5.63. The maximum Gasteiger partial charge on any atom is 0.332 e. The van der Waals surface area contributed by atoms with Gasteiger partial charge in [-0.2, -0.15) is 0 Å². The van der Waals surface area contributed by atoms with E-state index in [1.54, 1.807) is 11.6 Å². The molecule has 0 saturated heterocycles. The van der Waals surface area contributed by atoms with Crippen molar-refractivity contribution in [2.45, 2.75) is 40.3 Å². The van der Waals surface area contributed by atoms with E-state index in [-0.39, 0.29) is 17.3 Å². The summed E-state index contributed by atoms with van der Waals surface area (Å²) in [6.07, 6.45) is 2.01. The summed E-state index contributed by atoms with van der Waals surface area (Å²) in [7, 11) is 1.63. The van der Waals surface area contributed by atoms with Gasteiger partial charge in [-0.05, 0) is 43.6 Å². The molecule has 0 radical (unpaired) electrons. The first-order valence-corrected chi connectivity index (χ1v) is 7.55. The molecule has 0 unspecified atom stereocenters. The van der Waals surface area contributed by atoms with Crippen LogP contribution >= 0.6 is 15.9 Å². The highest BCUT2D eigenvalue weighted by Crippen LogP contribution is 2.17. The zero-order chi connectivity index (χ0) is 15.9. The smallest absolute Gasteiger partial charge is 0.309 e. The van der Waals surface area contributed by atoms with Crippen LogP contribution in [-0.4, -0.2) is 18.7 Å². The fourth-order valence-electron chi connectivity index (χ4n) is 2.21. The fraction of sp³-hybridized carbons (Fsp3) is 0.500. The summed E-state index contributed by atoms with van der Waals surface area (Å²) in [6.45, 7) is 8.16. The van der Waals surface area contributed by atoms with E-state index in [0.717, 1.165) is 5.57 Å². The average molecular weight is 355 g/mol. The van der Waals surface area contributed by atoms with Crippen molar-refractivity contribution in [3.8, 4) is 0 Å². The lowest BCUT2D eigenvalue weighted by Crippen LogP contribution is -2.40. The lowest BCUT2D eigenvalue weighted by atomic mass is 10.3. The molecule has 0 aliphatic heterocycles. The van der Waals surface area contributed by atoms with Gasteiger partial charge >= 0.3 is 5.69 Å². The van der Waals surface area contributed by atoms with Gasteiger partial charge in [0.2, 0.25) is 0 Å². The van der Waals surface area contributed by atoms with Crippen LogP contribution in [0.4, 0.5) is 0 Å². The van der Waals surface area contributed by atoms with Crippen molar-refractivity contribution in [3.63, 3.8) is 0 Å². The Labute approximate surface area is 130 Å². The molecule has 2 rings (SSSR count). The van der Waals surface area contributed by atoms with Crippen LogP contribution in [0.3, 0.4) is 0 Å². The Morgan fingerprint density at radius 2 is 1.95 bits per heavy atom. The summed E-state index contributed by atoms with van der Waals surface area (Å²) >= 11 is 3.37. The number of hydrogen-bond acceptors (Lipinski definition) is 3. The first-order valence-electron chi connectivity index (χ1n) is 6.76. The largest absolute Gasteiger partial charge is 0.332 e. The molecule has 2 aromatic rings. The van der Waals surface area contributed by atoms with Crippen molar-refractivity contribution >= 4 is 27.1 Å². The molecule has 21 heavy (non-hydrogen) atoms. The van der Waals surface area contributed by atoms with Crippen molar-refractivity contribution in [2.75, 3.05) is 0 Å².